The molecule has 0 saturated carbocycles. The quantitative estimate of drug-likeness (QED) is 0.517. The third-order valence-corrected chi connectivity index (χ3v) is 7.34. The summed E-state index contributed by atoms with van der Waals surface area (Å²) in [4.78, 5) is 15.2. The fourth-order valence-electron chi connectivity index (χ4n) is 3.86. The fourth-order valence-corrected chi connectivity index (χ4v) is 5.06. The van der Waals surface area contributed by atoms with Crippen LogP contribution in [0.15, 0.2) is 83.8 Å². The number of hydrogen-bond donors (Lipinski definition) is 2. The first-order chi connectivity index (χ1) is 15.9. The maximum Gasteiger partial charge on any atom is 0.261 e. The van der Waals surface area contributed by atoms with E-state index >= 15 is 0 Å². The lowest BCUT2D eigenvalue weighted by molar-refractivity contribution is 0.0909. The van der Waals surface area contributed by atoms with E-state index in [-0.39, 0.29) is 16.8 Å². The van der Waals surface area contributed by atoms with Gasteiger partial charge in [-0.2, -0.15) is 0 Å². The van der Waals surface area contributed by atoms with E-state index in [0.29, 0.717) is 11.3 Å². The third-order valence-electron chi connectivity index (χ3n) is 5.70. The van der Waals surface area contributed by atoms with Gasteiger partial charge in [0.25, 0.3) is 15.9 Å². The number of likely N-dealkylation sites (tertiary alicyclic amines) is 1. The first-order valence-electron chi connectivity index (χ1n) is 10.8. The summed E-state index contributed by atoms with van der Waals surface area (Å²) in [5.41, 5.74) is 2.14. The van der Waals surface area contributed by atoms with Crippen molar-refractivity contribution in [2.75, 3.05) is 17.8 Å². The average Bonchev–Trinajstić information content (AvgIpc) is 2.82. The largest absolute Gasteiger partial charge is 0.349 e. The second-order valence-electron chi connectivity index (χ2n) is 8.15. The van der Waals surface area contributed by atoms with Gasteiger partial charge in [-0.1, -0.05) is 41.9 Å². The summed E-state index contributed by atoms with van der Waals surface area (Å²) in [6, 6.07) is 22.6. The SMILES string of the molecule is O=C(NC1CCN(Cc2ccc(Cl)cc2)CC1)c1ccc(NS(=O)(=O)c2ccccc2)cc1. The van der Waals surface area contributed by atoms with E-state index in [2.05, 4.69) is 14.9 Å². The summed E-state index contributed by atoms with van der Waals surface area (Å²) in [5, 5.41) is 3.84. The number of nitrogens with one attached hydrogen (secondary N) is 2. The summed E-state index contributed by atoms with van der Waals surface area (Å²) in [5.74, 6) is -0.149. The van der Waals surface area contributed by atoms with Crippen molar-refractivity contribution in [3.63, 3.8) is 0 Å². The van der Waals surface area contributed by atoms with Crippen molar-refractivity contribution in [2.45, 2.75) is 30.3 Å². The summed E-state index contributed by atoms with van der Waals surface area (Å²) < 4.78 is 27.4. The summed E-state index contributed by atoms with van der Waals surface area (Å²) in [6.45, 7) is 2.69. The summed E-state index contributed by atoms with van der Waals surface area (Å²) in [7, 11) is -3.66. The molecule has 1 aliphatic rings. The van der Waals surface area contributed by atoms with Crippen molar-refractivity contribution in [1.29, 1.82) is 0 Å². The van der Waals surface area contributed by atoms with Gasteiger partial charge >= 0.3 is 0 Å². The Balaban J connectivity index is 1.27. The predicted octanol–water partition coefficient (Wildman–Crippen LogP) is 4.54. The minimum absolute atomic E-state index is 0.121. The molecule has 1 aliphatic heterocycles. The lowest BCUT2D eigenvalue weighted by atomic mass is 10.0. The molecule has 8 heteroatoms. The number of carbonyl (C=O) groups excluding carboxylic acids is 1. The Morgan fingerprint density at radius 3 is 2.18 bits per heavy atom. The molecule has 0 radical (unpaired) electrons. The topological polar surface area (TPSA) is 78.5 Å². The van der Waals surface area contributed by atoms with Gasteiger partial charge < -0.3 is 5.32 Å². The molecule has 0 aliphatic carbocycles. The highest BCUT2D eigenvalue weighted by Crippen LogP contribution is 2.18. The van der Waals surface area contributed by atoms with Crippen LogP contribution in [0.25, 0.3) is 0 Å². The Kier molecular flexibility index (Phi) is 7.33. The van der Waals surface area contributed by atoms with Gasteiger partial charge in [-0.25, -0.2) is 8.42 Å². The highest BCUT2D eigenvalue weighted by atomic mass is 35.5. The van der Waals surface area contributed by atoms with Crippen LogP contribution in [0.5, 0.6) is 0 Å². The molecule has 0 unspecified atom stereocenters. The molecule has 6 nitrogen and oxygen atoms in total. The molecule has 2 N–H and O–H groups in total. The van der Waals surface area contributed by atoms with E-state index in [4.69, 9.17) is 11.6 Å². The molecule has 1 heterocycles. The zero-order valence-electron chi connectivity index (χ0n) is 18.1. The van der Waals surface area contributed by atoms with Crippen molar-refractivity contribution in [3.8, 4) is 0 Å². The summed E-state index contributed by atoms with van der Waals surface area (Å²) >= 11 is 5.95. The number of piperidine rings is 1. The molecule has 0 spiro atoms. The van der Waals surface area contributed by atoms with Crippen LogP contribution in [0.2, 0.25) is 5.02 Å². The number of benzene rings is 3. The number of anilines is 1. The molecule has 0 atom stereocenters. The van der Waals surface area contributed by atoms with E-state index < -0.39 is 10.0 Å². The highest BCUT2D eigenvalue weighted by molar-refractivity contribution is 7.92. The van der Waals surface area contributed by atoms with Crippen LogP contribution in [0, 0.1) is 0 Å². The minimum atomic E-state index is -3.66. The molecule has 172 valence electrons. The van der Waals surface area contributed by atoms with Gasteiger partial charge in [-0.05, 0) is 66.9 Å². The molecule has 1 fully saturated rings. The molecule has 0 bridgehead atoms. The second-order valence-corrected chi connectivity index (χ2v) is 10.3. The molecular formula is C25H26ClN3O3S. The summed E-state index contributed by atoms with van der Waals surface area (Å²) in [6.07, 6.45) is 1.77. The monoisotopic (exact) mass is 483 g/mol. The Morgan fingerprint density at radius 2 is 1.55 bits per heavy atom. The van der Waals surface area contributed by atoms with Gasteiger partial charge in [0.2, 0.25) is 0 Å². The van der Waals surface area contributed by atoms with Crippen LogP contribution in [0.4, 0.5) is 5.69 Å². The van der Waals surface area contributed by atoms with Gasteiger partial charge in [0, 0.05) is 41.9 Å². The number of sulfonamides is 1. The Bertz CT molecular complexity index is 1180. The highest BCUT2D eigenvalue weighted by Gasteiger charge is 2.21. The molecule has 33 heavy (non-hydrogen) atoms. The zero-order valence-corrected chi connectivity index (χ0v) is 19.6. The molecule has 3 aromatic rings. The Labute approximate surface area is 199 Å². The predicted molar refractivity (Wildman–Crippen MR) is 131 cm³/mol. The number of halogens is 1. The van der Waals surface area contributed by atoms with E-state index in [1.165, 1.54) is 17.7 Å². The normalized spacial score (nSPS) is 15.2. The first-order valence-corrected chi connectivity index (χ1v) is 12.7. The molecule has 1 saturated heterocycles. The maximum atomic E-state index is 12.7. The number of nitrogens with zero attached hydrogens (tertiary/aromatic N) is 1. The second kappa shape index (κ2) is 10.4. The van der Waals surface area contributed by atoms with Gasteiger partial charge in [-0.3, -0.25) is 14.4 Å². The van der Waals surface area contributed by atoms with Gasteiger partial charge in [0.15, 0.2) is 0 Å². The van der Waals surface area contributed by atoms with Crippen LogP contribution < -0.4 is 10.0 Å². The Morgan fingerprint density at radius 1 is 0.909 bits per heavy atom. The van der Waals surface area contributed by atoms with Crippen LogP contribution in [0.3, 0.4) is 0 Å². The lowest BCUT2D eigenvalue weighted by Gasteiger charge is -2.32. The molecule has 0 aromatic heterocycles. The average molecular weight is 484 g/mol. The number of hydrogen-bond acceptors (Lipinski definition) is 4. The molecule has 4 rings (SSSR count). The van der Waals surface area contributed by atoms with E-state index in [0.717, 1.165) is 37.5 Å². The zero-order chi connectivity index (χ0) is 23.3. The first kappa shape index (κ1) is 23.3. The fraction of sp³-hybridized carbons (Fsp3) is 0.240. The van der Waals surface area contributed by atoms with Crippen molar-refractivity contribution in [2.24, 2.45) is 0 Å². The number of rotatable bonds is 7. The number of amides is 1. The lowest BCUT2D eigenvalue weighted by Crippen LogP contribution is -2.44. The van der Waals surface area contributed by atoms with E-state index in [1.807, 2.05) is 24.3 Å². The van der Waals surface area contributed by atoms with Crippen molar-refractivity contribution >= 4 is 33.2 Å². The van der Waals surface area contributed by atoms with Crippen molar-refractivity contribution < 1.29 is 13.2 Å². The van der Waals surface area contributed by atoms with Gasteiger partial charge in [0.1, 0.15) is 0 Å². The van der Waals surface area contributed by atoms with Crippen molar-refractivity contribution in [1.82, 2.24) is 10.2 Å². The number of carbonyl (C=O) groups is 1. The van der Waals surface area contributed by atoms with Crippen LogP contribution in [0.1, 0.15) is 28.8 Å². The van der Waals surface area contributed by atoms with Crippen LogP contribution in [-0.4, -0.2) is 38.4 Å². The van der Waals surface area contributed by atoms with Gasteiger partial charge in [-0.15, -0.1) is 0 Å². The van der Waals surface area contributed by atoms with E-state index in [9.17, 15) is 13.2 Å². The maximum absolute atomic E-state index is 12.7. The smallest absolute Gasteiger partial charge is 0.261 e. The third kappa shape index (κ3) is 6.35. The Hall–Kier alpha value is -2.87. The molecular weight excluding hydrogens is 458 g/mol. The van der Waals surface area contributed by atoms with Crippen LogP contribution >= 0.6 is 11.6 Å². The molecule has 3 aromatic carbocycles. The minimum Gasteiger partial charge on any atom is -0.349 e. The van der Waals surface area contributed by atoms with Gasteiger partial charge in [0.05, 0.1) is 4.90 Å². The standard InChI is InChI=1S/C25H26ClN3O3S/c26-21-10-6-19(7-11-21)18-29-16-14-22(15-17-29)27-25(30)20-8-12-23(13-9-20)28-33(31,32)24-4-2-1-3-5-24/h1-13,22,28H,14-18H2,(H,27,30). The van der Waals surface area contributed by atoms with Crippen molar-refractivity contribution in [3.05, 3.63) is 95.0 Å². The molecule has 1 amide bonds. The van der Waals surface area contributed by atoms with Crippen LogP contribution in [-0.2, 0) is 16.6 Å². The van der Waals surface area contributed by atoms with E-state index in [1.54, 1.807) is 42.5 Å².